The molecule has 0 amide bonds. The lowest BCUT2D eigenvalue weighted by molar-refractivity contribution is -0.132. The van der Waals surface area contributed by atoms with E-state index in [0.29, 0.717) is 23.9 Å². The van der Waals surface area contributed by atoms with Gasteiger partial charge in [0.1, 0.15) is 0 Å². The quantitative estimate of drug-likeness (QED) is 0.394. The van der Waals surface area contributed by atoms with Crippen molar-refractivity contribution in [3.8, 4) is 0 Å². The Morgan fingerprint density at radius 2 is 2.05 bits per heavy atom. The van der Waals surface area contributed by atoms with Crippen molar-refractivity contribution < 1.29 is 14.6 Å². The third-order valence-corrected chi connectivity index (χ3v) is 3.54. The van der Waals surface area contributed by atoms with Gasteiger partial charge in [0.05, 0.1) is 12.0 Å². The van der Waals surface area contributed by atoms with Crippen molar-refractivity contribution in [2.75, 3.05) is 12.2 Å². The molecule has 0 radical (unpaired) electrons. The Kier molecular flexibility index (Phi) is 9.70. The lowest BCUT2D eigenvalue weighted by atomic mass is 9.93. The summed E-state index contributed by atoms with van der Waals surface area (Å²) >= 11 is 1.64. The number of aliphatic carboxylic acids is 1. The van der Waals surface area contributed by atoms with E-state index in [1.807, 2.05) is 13.2 Å². The van der Waals surface area contributed by atoms with Crippen molar-refractivity contribution in [3.05, 3.63) is 23.3 Å². The van der Waals surface area contributed by atoms with Crippen LogP contribution in [0.15, 0.2) is 23.3 Å². The van der Waals surface area contributed by atoms with Gasteiger partial charge in [-0.1, -0.05) is 24.6 Å². The monoisotopic (exact) mass is 286 g/mol. The van der Waals surface area contributed by atoms with Gasteiger partial charge in [0.2, 0.25) is 0 Å². The Morgan fingerprint density at radius 1 is 1.42 bits per heavy atom. The molecular formula is C15H26O3S. The maximum absolute atomic E-state index is 10.8. The molecule has 0 spiro atoms. The number of rotatable bonds is 9. The maximum atomic E-state index is 10.8. The van der Waals surface area contributed by atoms with Gasteiger partial charge in [-0.15, -0.1) is 11.8 Å². The van der Waals surface area contributed by atoms with E-state index in [1.54, 1.807) is 24.8 Å². The van der Waals surface area contributed by atoms with Gasteiger partial charge in [-0.05, 0) is 45.8 Å². The molecule has 0 aromatic rings. The Labute approximate surface area is 121 Å². The summed E-state index contributed by atoms with van der Waals surface area (Å²) in [6, 6.07) is 0. The van der Waals surface area contributed by atoms with Crippen LogP contribution in [-0.4, -0.2) is 29.4 Å². The van der Waals surface area contributed by atoms with Crippen LogP contribution in [0, 0.1) is 5.92 Å². The number of ether oxygens (including phenoxy) is 1. The topological polar surface area (TPSA) is 46.5 Å². The highest BCUT2D eigenvalue weighted by Crippen LogP contribution is 2.21. The summed E-state index contributed by atoms with van der Waals surface area (Å²) in [5.74, 6) is 0.159. The first kappa shape index (κ1) is 18.3. The van der Waals surface area contributed by atoms with Crippen molar-refractivity contribution in [3.63, 3.8) is 0 Å². The molecule has 19 heavy (non-hydrogen) atoms. The SMILES string of the molecule is CC=C(C)CC(C)C(CC=C(C)C(=O)O)OCSC. The van der Waals surface area contributed by atoms with E-state index in [-0.39, 0.29) is 6.10 Å². The Morgan fingerprint density at radius 3 is 2.53 bits per heavy atom. The smallest absolute Gasteiger partial charge is 0.330 e. The summed E-state index contributed by atoms with van der Waals surface area (Å²) in [7, 11) is 0. The Bertz CT molecular complexity index is 334. The molecule has 3 nitrogen and oxygen atoms in total. The average Bonchev–Trinajstić information content (AvgIpc) is 2.37. The molecule has 0 aromatic carbocycles. The highest BCUT2D eigenvalue weighted by molar-refractivity contribution is 7.98. The summed E-state index contributed by atoms with van der Waals surface area (Å²) in [5, 5.41) is 8.87. The predicted octanol–water partition coefficient (Wildman–Crippen LogP) is 4.11. The molecule has 0 aliphatic rings. The van der Waals surface area contributed by atoms with Crippen molar-refractivity contribution in [2.45, 2.75) is 46.6 Å². The van der Waals surface area contributed by atoms with Gasteiger partial charge in [0, 0.05) is 5.57 Å². The number of thioether (sulfide) groups is 1. The van der Waals surface area contributed by atoms with Crippen LogP contribution in [0.2, 0.25) is 0 Å². The second kappa shape index (κ2) is 10.1. The lowest BCUT2D eigenvalue weighted by Gasteiger charge is -2.23. The minimum Gasteiger partial charge on any atom is -0.478 e. The van der Waals surface area contributed by atoms with Crippen molar-refractivity contribution in [2.24, 2.45) is 5.92 Å². The fraction of sp³-hybridized carbons (Fsp3) is 0.667. The summed E-state index contributed by atoms with van der Waals surface area (Å²) < 4.78 is 5.83. The van der Waals surface area contributed by atoms with Crippen LogP contribution in [0.5, 0.6) is 0 Å². The number of carbonyl (C=O) groups is 1. The minimum absolute atomic E-state index is 0.0663. The molecule has 2 unspecified atom stereocenters. The summed E-state index contributed by atoms with van der Waals surface area (Å²) in [4.78, 5) is 10.8. The van der Waals surface area contributed by atoms with Gasteiger partial charge < -0.3 is 9.84 Å². The van der Waals surface area contributed by atoms with Gasteiger partial charge in [-0.2, -0.15) is 0 Å². The number of allylic oxidation sites excluding steroid dienone is 2. The van der Waals surface area contributed by atoms with Crippen molar-refractivity contribution >= 4 is 17.7 Å². The fourth-order valence-corrected chi connectivity index (χ4v) is 2.07. The van der Waals surface area contributed by atoms with Crippen LogP contribution in [0.4, 0.5) is 0 Å². The van der Waals surface area contributed by atoms with E-state index in [1.165, 1.54) is 5.57 Å². The molecule has 0 saturated heterocycles. The molecule has 0 fully saturated rings. The van der Waals surface area contributed by atoms with E-state index in [0.717, 1.165) is 6.42 Å². The molecule has 0 heterocycles. The molecule has 0 bridgehead atoms. The largest absolute Gasteiger partial charge is 0.478 e. The zero-order valence-electron chi connectivity index (χ0n) is 12.6. The second-order valence-corrected chi connectivity index (χ2v) is 5.67. The average molecular weight is 286 g/mol. The van der Waals surface area contributed by atoms with Crippen LogP contribution in [0.3, 0.4) is 0 Å². The molecule has 2 atom stereocenters. The molecule has 1 N–H and O–H groups in total. The van der Waals surface area contributed by atoms with E-state index >= 15 is 0 Å². The van der Waals surface area contributed by atoms with Gasteiger partial charge >= 0.3 is 5.97 Å². The number of carboxylic acids is 1. The van der Waals surface area contributed by atoms with Crippen LogP contribution < -0.4 is 0 Å². The summed E-state index contributed by atoms with van der Waals surface area (Å²) in [6.07, 6.45) is 7.57. The summed E-state index contributed by atoms with van der Waals surface area (Å²) in [6.45, 7) is 7.92. The maximum Gasteiger partial charge on any atom is 0.330 e. The van der Waals surface area contributed by atoms with Crippen LogP contribution in [0.1, 0.15) is 40.5 Å². The Balaban J connectivity index is 4.61. The molecule has 0 saturated carbocycles. The highest BCUT2D eigenvalue weighted by Gasteiger charge is 2.17. The van der Waals surface area contributed by atoms with Gasteiger partial charge in [0.15, 0.2) is 0 Å². The van der Waals surface area contributed by atoms with E-state index in [4.69, 9.17) is 9.84 Å². The van der Waals surface area contributed by atoms with Gasteiger partial charge in [-0.25, -0.2) is 4.79 Å². The van der Waals surface area contributed by atoms with E-state index < -0.39 is 5.97 Å². The molecule has 0 aromatic heterocycles. The van der Waals surface area contributed by atoms with E-state index in [2.05, 4.69) is 19.9 Å². The zero-order chi connectivity index (χ0) is 14.8. The minimum atomic E-state index is -0.860. The predicted molar refractivity (Wildman–Crippen MR) is 82.5 cm³/mol. The molecule has 0 aliphatic carbocycles. The van der Waals surface area contributed by atoms with Crippen LogP contribution in [0.25, 0.3) is 0 Å². The third kappa shape index (κ3) is 8.11. The molecule has 4 heteroatoms. The number of hydrogen-bond donors (Lipinski definition) is 1. The first-order valence-electron chi connectivity index (χ1n) is 6.54. The van der Waals surface area contributed by atoms with Crippen molar-refractivity contribution in [1.29, 1.82) is 0 Å². The first-order valence-corrected chi connectivity index (χ1v) is 7.94. The molecule has 0 rings (SSSR count). The van der Waals surface area contributed by atoms with E-state index in [9.17, 15) is 4.79 Å². The number of carboxylic acid groups (broad SMARTS) is 1. The summed E-state index contributed by atoms with van der Waals surface area (Å²) in [5.41, 5.74) is 1.72. The standard InChI is InChI=1S/C15H26O3S/c1-6-11(2)9-13(4)14(18-10-19-5)8-7-12(3)15(16)17/h6-7,13-14H,8-10H2,1-5H3,(H,16,17). The normalized spacial score (nSPS) is 16.3. The zero-order valence-corrected chi connectivity index (χ0v) is 13.4. The van der Waals surface area contributed by atoms with Gasteiger partial charge in [0.25, 0.3) is 0 Å². The van der Waals surface area contributed by atoms with Crippen LogP contribution >= 0.6 is 11.8 Å². The third-order valence-electron chi connectivity index (χ3n) is 3.17. The molecule has 110 valence electrons. The highest BCUT2D eigenvalue weighted by atomic mass is 32.2. The fourth-order valence-electron chi connectivity index (χ4n) is 1.76. The van der Waals surface area contributed by atoms with Crippen LogP contribution in [-0.2, 0) is 9.53 Å². The lowest BCUT2D eigenvalue weighted by Crippen LogP contribution is -2.22. The Hall–Kier alpha value is -0.740. The van der Waals surface area contributed by atoms with Crippen molar-refractivity contribution in [1.82, 2.24) is 0 Å². The molecular weight excluding hydrogens is 260 g/mol. The van der Waals surface area contributed by atoms with Gasteiger partial charge in [-0.3, -0.25) is 0 Å². The first-order chi connectivity index (χ1) is 8.92. The molecule has 0 aliphatic heterocycles. The number of hydrogen-bond acceptors (Lipinski definition) is 3. The second-order valence-electron chi connectivity index (χ2n) is 4.86.